The van der Waals surface area contributed by atoms with Crippen LogP contribution in [-0.2, 0) is 0 Å². The molecule has 9 aromatic rings. The first kappa shape index (κ1) is 47.8. The number of benzene rings is 9. The van der Waals surface area contributed by atoms with E-state index in [4.69, 9.17) is 9.47 Å². The number of halogens is 1. The van der Waals surface area contributed by atoms with E-state index in [1.165, 1.54) is 50.6 Å². The van der Waals surface area contributed by atoms with Crippen molar-refractivity contribution in [2.24, 2.45) is 20.5 Å². The first-order valence-electron chi connectivity index (χ1n) is 22.3. The molecule has 0 atom stereocenters. The second-order valence-electron chi connectivity index (χ2n) is 16.1. The van der Waals surface area contributed by atoms with Crippen molar-refractivity contribution in [1.82, 2.24) is 0 Å². The Balaban J connectivity index is 0.970. The molecule has 6 N–H and O–H groups in total. The number of nitrogens with one attached hydrogen (secondary N) is 4. The molecule has 17 heteroatoms. The van der Waals surface area contributed by atoms with Gasteiger partial charge in [0.1, 0.15) is 40.1 Å². The van der Waals surface area contributed by atoms with Crippen LogP contribution in [-0.4, -0.2) is 48.1 Å². The smallest absolute Gasteiger partial charge is 0.259 e. The van der Waals surface area contributed by atoms with Gasteiger partial charge in [-0.2, -0.15) is 0 Å². The zero-order valence-electron chi connectivity index (χ0n) is 38.8. The fourth-order valence-corrected chi connectivity index (χ4v) is 7.75. The average molecular weight is 973 g/mol. The summed E-state index contributed by atoms with van der Waals surface area (Å²) in [4.78, 5) is 54.2. The fraction of sp³-hybridized carbons (Fsp3) is 0.0357. The SMILES string of the molecule is COc1ccc(C(=O)Nc2ccccc2)cc1N=Nc1c(O)c(C(=O)Nc2ccc(F)c(NC(=O)c3cc4ccccc4c(N=Nc4cc(C(=O)Nc5ccccc5)ccc4OC)c3O)c2)cc2ccccc12. The predicted octanol–water partition coefficient (Wildman–Crippen LogP) is 13.4. The van der Waals surface area contributed by atoms with Crippen LogP contribution in [0.2, 0.25) is 0 Å². The van der Waals surface area contributed by atoms with Crippen molar-refractivity contribution < 1.29 is 43.3 Å². The highest BCUT2D eigenvalue weighted by molar-refractivity contribution is 6.14. The van der Waals surface area contributed by atoms with Crippen LogP contribution in [0.5, 0.6) is 23.0 Å². The van der Waals surface area contributed by atoms with E-state index in [0.717, 1.165) is 6.07 Å². The Morgan fingerprint density at radius 1 is 0.438 bits per heavy atom. The minimum atomic E-state index is -0.930. The van der Waals surface area contributed by atoms with Gasteiger partial charge < -0.3 is 41.0 Å². The van der Waals surface area contributed by atoms with Gasteiger partial charge in [-0.15, -0.1) is 20.5 Å². The van der Waals surface area contributed by atoms with E-state index in [1.54, 1.807) is 121 Å². The molecular formula is C56H41FN8O8. The standard InChI is InChI=1S/C56H41FN8O8/c1-72-47-25-21-34(53(68)58-36-15-5-3-6-16-36)29-45(47)62-64-49-39-19-11-9-13-32(39)27-41(51(49)66)55(70)60-38-23-24-43(57)44(31-38)61-56(71)42-28-33-14-10-12-20-40(33)50(52(42)67)65-63-46-30-35(22-26-48(46)73-2)54(69)59-37-17-7-4-8-18-37/h3-31,66-67H,1-2H3,(H,58,68)(H,59,69)(H,60,70)(H,61,71). The van der Waals surface area contributed by atoms with Crippen molar-refractivity contribution in [3.63, 3.8) is 0 Å². The summed E-state index contributed by atoms with van der Waals surface area (Å²) in [7, 11) is 2.85. The molecule has 0 spiro atoms. The van der Waals surface area contributed by atoms with Gasteiger partial charge in [-0.25, -0.2) is 4.39 Å². The number of phenols is 2. The zero-order chi connectivity index (χ0) is 51.0. The lowest BCUT2D eigenvalue weighted by atomic mass is 10.0. The van der Waals surface area contributed by atoms with Gasteiger partial charge in [-0.05, 0) is 102 Å². The highest BCUT2D eigenvalue weighted by Crippen LogP contribution is 2.43. The van der Waals surface area contributed by atoms with Crippen molar-refractivity contribution >= 4 is 90.7 Å². The van der Waals surface area contributed by atoms with Crippen LogP contribution < -0.4 is 30.7 Å². The van der Waals surface area contributed by atoms with Gasteiger partial charge in [0.15, 0.2) is 11.5 Å². The highest BCUT2D eigenvalue weighted by atomic mass is 19.1. The van der Waals surface area contributed by atoms with Crippen LogP contribution >= 0.6 is 0 Å². The number of phenolic OH excluding ortho intramolecular Hbond substituents is 2. The molecule has 0 saturated carbocycles. The Morgan fingerprint density at radius 2 is 0.863 bits per heavy atom. The quantitative estimate of drug-likeness (QED) is 0.0573. The van der Waals surface area contributed by atoms with E-state index in [-0.39, 0.29) is 67.9 Å². The number of nitrogens with zero attached hydrogens (tertiary/aromatic N) is 4. The molecule has 0 saturated heterocycles. The molecule has 0 heterocycles. The third-order valence-electron chi connectivity index (χ3n) is 11.4. The Kier molecular flexibility index (Phi) is 13.8. The van der Waals surface area contributed by atoms with Gasteiger partial charge in [-0.1, -0.05) is 84.9 Å². The molecule has 0 aliphatic rings. The van der Waals surface area contributed by atoms with Crippen molar-refractivity contribution in [1.29, 1.82) is 0 Å². The van der Waals surface area contributed by atoms with E-state index < -0.39 is 40.9 Å². The number of aromatic hydroxyl groups is 2. The second-order valence-corrected chi connectivity index (χ2v) is 16.1. The maximum atomic E-state index is 15.5. The summed E-state index contributed by atoms with van der Waals surface area (Å²) in [6.45, 7) is 0. The average Bonchev–Trinajstić information content (AvgIpc) is 3.41. The van der Waals surface area contributed by atoms with Crippen molar-refractivity contribution in [3.8, 4) is 23.0 Å². The van der Waals surface area contributed by atoms with E-state index in [0.29, 0.717) is 32.9 Å². The number of methoxy groups -OCH3 is 2. The summed E-state index contributed by atoms with van der Waals surface area (Å²) < 4.78 is 26.5. The molecule has 0 aliphatic carbocycles. The topological polar surface area (TPSA) is 225 Å². The molecule has 0 aliphatic heterocycles. The van der Waals surface area contributed by atoms with Gasteiger partial charge in [0.25, 0.3) is 23.6 Å². The van der Waals surface area contributed by atoms with Crippen LogP contribution in [0.3, 0.4) is 0 Å². The lowest BCUT2D eigenvalue weighted by Crippen LogP contribution is -2.15. The highest BCUT2D eigenvalue weighted by Gasteiger charge is 2.23. The number of hydrogen-bond acceptors (Lipinski definition) is 12. The Labute approximate surface area is 415 Å². The fourth-order valence-electron chi connectivity index (χ4n) is 7.75. The van der Waals surface area contributed by atoms with E-state index in [2.05, 4.69) is 41.7 Å². The normalized spacial score (nSPS) is 11.2. The number of carbonyl (C=O) groups is 4. The number of azo groups is 2. The number of rotatable bonds is 14. The first-order valence-corrected chi connectivity index (χ1v) is 22.3. The number of amides is 4. The largest absolute Gasteiger partial charge is 0.505 e. The number of para-hydroxylation sites is 2. The molecule has 360 valence electrons. The van der Waals surface area contributed by atoms with Gasteiger partial charge in [-0.3, -0.25) is 19.2 Å². The molecule has 0 unspecified atom stereocenters. The minimum Gasteiger partial charge on any atom is -0.505 e. The molecule has 4 amide bonds. The molecular weight excluding hydrogens is 932 g/mol. The molecule has 0 fully saturated rings. The predicted molar refractivity (Wildman–Crippen MR) is 277 cm³/mol. The molecule has 0 aromatic heterocycles. The van der Waals surface area contributed by atoms with Gasteiger partial charge >= 0.3 is 0 Å². The number of ether oxygens (including phenoxy) is 2. The van der Waals surface area contributed by atoms with Gasteiger partial charge in [0, 0.05) is 39.0 Å². The molecule has 0 bridgehead atoms. The second kappa shape index (κ2) is 21.1. The molecule has 73 heavy (non-hydrogen) atoms. The Hall–Kier alpha value is -10.3. The Morgan fingerprint density at radius 3 is 1.33 bits per heavy atom. The number of fused-ring (bicyclic) bond motifs is 2. The molecule has 9 aromatic carbocycles. The lowest BCUT2D eigenvalue weighted by molar-refractivity contribution is 0.101. The summed E-state index contributed by atoms with van der Waals surface area (Å²) in [5.74, 6) is -4.01. The lowest BCUT2D eigenvalue weighted by Gasteiger charge is -2.14. The molecule has 0 radical (unpaired) electrons. The van der Waals surface area contributed by atoms with Crippen molar-refractivity contribution in [2.75, 3.05) is 35.5 Å². The maximum absolute atomic E-state index is 15.5. The molecule has 16 nitrogen and oxygen atoms in total. The maximum Gasteiger partial charge on any atom is 0.259 e. The summed E-state index contributed by atoms with van der Waals surface area (Å²) in [6.07, 6.45) is 0. The first-order chi connectivity index (χ1) is 35.5. The van der Waals surface area contributed by atoms with Gasteiger partial charge in [0.05, 0.1) is 31.0 Å². The van der Waals surface area contributed by atoms with Crippen molar-refractivity contribution in [2.45, 2.75) is 0 Å². The van der Waals surface area contributed by atoms with Gasteiger partial charge in [0.2, 0.25) is 0 Å². The summed E-state index contributed by atoms with van der Waals surface area (Å²) in [5, 5.41) is 53.3. The monoisotopic (exact) mass is 972 g/mol. The summed E-state index contributed by atoms with van der Waals surface area (Å²) in [5.41, 5.74) is 0.980. The zero-order valence-corrected chi connectivity index (χ0v) is 38.8. The summed E-state index contributed by atoms with van der Waals surface area (Å²) in [6, 6.07) is 46.9. The number of anilines is 4. The number of hydrogen-bond donors (Lipinski definition) is 6. The van der Waals surface area contributed by atoms with Crippen LogP contribution in [0.15, 0.2) is 196 Å². The van der Waals surface area contributed by atoms with Crippen LogP contribution in [0, 0.1) is 5.82 Å². The number of carbonyl (C=O) groups excluding carboxylic acids is 4. The van der Waals surface area contributed by atoms with E-state index >= 15 is 4.39 Å². The van der Waals surface area contributed by atoms with Crippen LogP contribution in [0.1, 0.15) is 41.4 Å². The third kappa shape index (κ3) is 10.5. The molecule has 9 rings (SSSR count). The minimum absolute atomic E-state index is 0.0265. The van der Waals surface area contributed by atoms with Crippen molar-refractivity contribution in [3.05, 3.63) is 204 Å². The third-order valence-corrected chi connectivity index (χ3v) is 11.4. The summed E-state index contributed by atoms with van der Waals surface area (Å²) >= 11 is 0. The van der Waals surface area contributed by atoms with E-state index in [9.17, 15) is 29.4 Å². The van der Waals surface area contributed by atoms with Crippen LogP contribution in [0.4, 0.5) is 49.9 Å². The van der Waals surface area contributed by atoms with E-state index in [1.807, 2.05) is 12.1 Å². The van der Waals surface area contributed by atoms with Crippen LogP contribution in [0.25, 0.3) is 21.5 Å². The Bertz CT molecular complexity index is 3690.